The number of aryl methyl sites for hydroxylation is 2. The van der Waals surface area contributed by atoms with Gasteiger partial charge in [-0.3, -0.25) is 4.79 Å². The average molecular weight is 447 g/mol. The van der Waals surface area contributed by atoms with Crippen molar-refractivity contribution in [2.75, 3.05) is 0 Å². The van der Waals surface area contributed by atoms with Gasteiger partial charge in [-0.1, -0.05) is 120 Å². The molecule has 0 saturated heterocycles. The molecule has 4 atom stereocenters. The Kier molecular flexibility index (Phi) is 5.93. The van der Waals surface area contributed by atoms with Gasteiger partial charge in [0.25, 0.3) is 0 Å². The molecule has 34 heavy (non-hydrogen) atoms. The minimum atomic E-state index is -1.28. The van der Waals surface area contributed by atoms with Gasteiger partial charge < -0.3 is 5.11 Å². The zero-order chi connectivity index (χ0) is 23.7. The first-order chi connectivity index (χ1) is 16.5. The summed E-state index contributed by atoms with van der Waals surface area (Å²) in [5.41, 5.74) is 4.80. The molecule has 2 nitrogen and oxygen atoms in total. The van der Waals surface area contributed by atoms with E-state index in [0.717, 1.165) is 16.7 Å². The van der Waals surface area contributed by atoms with E-state index < -0.39 is 11.5 Å². The fourth-order valence-electron chi connectivity index (χ4n) is 5.66. The van der Waals surface area contributed by atoms with Crippen LogP contribution in [0.1, 0.15) is 56.4 Å². The van der Waals surface area contributed by atoms with E-state index in [9.17, 15) is 9.90 Å². The molecule has 1 saturated carbocycles. The second kappa shape index (κ2) is 9.04. The Hall–Kier alpha value is -3.49. The second-order valence-electron chi connectivity index (χ2n) is 9.66. The van der Waals surface area contributed by atoms with Gasteiger partial charge in [0.15, 0.2) is 5.78 Å². The molecule has 0 spiro atoms. The maximum absolute atomic E-state index is 14.2. The minimum Gasteiger partial charge on any atom is -0.384 e. The number of aliphatic hydroxyl groups is 1. The molecular weight excluding hydrogens is 416 g/mol. The van der Waals surface area contributed by atoms with Gasteiger partial charge in [-0.05, 0) is 42.9 Å². The summed E-state index contributed by atoms with van der Waals surface area (Å²) < 4.78 is 0. The number of hydrogen-bond acceptors (Lipinski definition) is 2. The van der Waals surface area contributed by atoms with Crippen LogP contribution in [0.4, 0.5) is 0 Å². The summed E-state index contributed by atoms with van der Waals surface area (Å²) in [7, 11) is 0. The maximum Gasteiger partial charge on any atom is 0.169 e. The van der Waals surface area contributed by atoms with Crippen LogP contribution >= 0.6 is 0 Å². The molecule has 0 unspecified atom stereocenters. The van der Waals surface area contributed by atoms with E-state index in [2.05, 4.69) is 62.4 Å². The Labute approximate surface area is 201 Å². The fourth-order valence-corrected chi connectivity index (χ4v) is 5.66. The zero-order valence-corrected chi connectivity index (χ0v) is 19.7. The van der Waals surface area contributed by atoms with Crippen LogP contribution in [0.3, 0.4) is 0 Å². The van der Waals surface area contributed by atoms with Gasteiger partial charge in [0.1, 0.15) is 5.60 Å². The normalized spacial score (nSPS) is 24.1. The van der Waals surface area contributed by atoms with E-state index >= 15 is 0 Å². The fraction of sp³-hybridized carbons (Fsp3) is 0.219. The highest BCUT2D eigenvalue weighted by molar-refractivity contribution is 5.99. The van der Waals surface area contributed by atoms with Crippen LogP contribution in [-0.4, -0.2) is 10.9 Å². The number of carbonyl (C=O) groups excluding carboxylic acids is 1. The molecule has 1 aliphatic rings. The van der Waals surface area contributed by atoms with Crippen LogP contribution in [0.25, 0.3) is 0 Å². The van der Waals surface area contributed by atoms with E-state index in [0.29, 0.717) is 12.0 Å². The first kappa shape index (κ1) is 22.3. The first-order valence-corrected chi connectivity index (χ1v) is 12.0. The van der Waals surface area contributed by atoms with Crippen LogP contribution in [0.15, 0.2) is 109 Å². The van der Waals surface area contributed by atoms with Crippen LogP contribution in [0.5, 0.6) is 0 Å². The van der Waals surface area contributed by atoms with Crippen molar-refractivity contribution in [1.29, 1.82) is 0 Å². The number of carbonyl (C=O) groups is 1. The van der Waals surface area contributed by atoms with Gasteiger partial charge in [-0.15, -0.1) is 0 Å². The number of hydrogen-bond donors (Lipinski definition) is 1. The quantitative estimate of drug-likeness (QED) is 0.336. The van der Waals surface area contributed by atoms with Crippen LogP contribution in [-0.2, 0) is 5.60 Å². The highest BCUT2D eigenvalue weighted by Gasteiger charge is 2.57. The third kappa shape index (κ3) is 3.99. The Morgan fingerprint density at radius 2 is 1.21 bits per heavy atom. The van der Waals surface area contributed by atoms with Gasteiger partial charge >= 0.3 is 0 Å². The van der Waals surface area contributed by atoms with Crippen molar-refractivity contribution in [2.45, 2.75) is 37.7 Å². The Balaban J connectivity index is 1.72. The van der Waals surface area contributed by atoms with Gasteiger partial charge in [0.2, 0.25) is 0 Å². The van der Waals surface area contributed by atoms with Crippen molar-refractivity contribution < 1.29 is 9.90 Å². The van der Waals surface area contributed by atoms with Gasteiger partial charge in [0.05, 0.1) is 5.92 Å². The third-order valence-electron chi connectivity index (χ3n) is 7.42. The smallest absolute Gasteiger partial charge is 0.169 e. The molecule has 0 bridgehead atoms. The molecular formula is C32H30O2. The standard InChI is InChI=1S/C32H30O2/c1-22-13-17-24(18-14-22)28-21-32(34,27-11-7-4-8-12-27)30(31(33)26-9-5-3-6-10-26)29(28)25-19-15-23(2)16-20-25/h3-20,28-30,34H,21H2,1-2H3/t28-,29-,30-,32+/m1/s1. The largest absolute Gasteiger partial charge is 0.384 e. The van der Waals surface area contributed by atoms with Crippen LogP contribution in [0.2, 0.25) is 0 Å². The maximum atomic E-state index is 14.2. The average Bonchev–Trinajstić information content (AvgIpc) is 3.20. The van der Waals surface area contributed by atoms with Crippen molar-refractivity contribution in [3.05, 3.63) is 143 Å². The van der Waals surface area contributed by atoms with Crippen LogP contribution in [0, 0.1) is 19.8 Å². The lowest BCUT2D eigenvalue weighted by Crippen LogP contribution is -2.38. The summed E-state index contributed by atoms with van der Waals surface area (Å²) >= 11 is 0. The van der Waals surface area contributed by atoms with Gasteiger partial charge in [0, 0.05) is 11.5 Å². The molecule has 0 heterocycles. The highest BCUT2D eigenvalue weighted by Crippen LogP contribution is 2.59. The number of rotatable bonds is 5. The predicted molar refractivity (Wildman–Crippen MR) is 137 cm³/mol. The molecule has 1 N–H and O–H groups in total. The Bertz CT molecular complexity index is 1260. The summed E-state index contributed by atoms with van der Waals surface area (Å²) in [5, 5.41) is 12.4. The van der Waals surface area contributed by atoms with Gasteiger partial charge in [-0.25, -0.2) is 0 Å². The summed E-state index contributed by atoms with van der Waals surface area (Å²) in [6.07, 6.45) is 0.488. The molecule has 5 rings (SSSR count). The molecule has 0 radical (unpaired) electrons. The van der Waals surface area contributed by atoms with E-state index in [1.165, 1.54) is 11.1 Å². The van der Waals surface area contributed by atoms with Crippen molar-refractivity contribution >= 4 is 5.78 Å². The summed E-state index contributed by atoms with van der Waals surface area (Å²) in [5.74, 6) is -0.758. The lowest BCUT2D eigenvalue weighted by Gasteiger charge is -2.33. The van der Waals surface area contributed by atoms with E-state index in [4.69, 9.17) is 0 Å². The van der Waals surface area contributed by atoms with E-state index in [1.807, 2.05) is 60.7 Å². The lowest BCUT2D eigenvalue weighted by atomic mass is 9.73. The topological polar surface area (TPSA) is 37.3 Å². The molecule has 0 aromatic heterocycles. The molecule has 0 amide bonds. The lowest BCUT2D eigenvalue weighted by molar-refractivity contribution is -0.000254. The molecule has 1 fully saturated rings. The number of ketones is 1. The molecule has 4 aromatic carbocycles. The van der Waals surface area contributed by atoms with Crippen molar-refractivity contribution in [3.8, 4) is 0 Å². The number of benzene rings is 4. The van der Waals surface area contributed by atoms with Crippen molar-refractivity contribution in [1.82, 2.24) is 0 Å². The number of Topliss-reactive ketones (excluding diaryl/α,β-unsaturated/α-hetero) is 1. The van der Waals surface area contributed by atoms with Crippen molar-refractivity contribution in [2.24, 2.45) is 5.92 Å². The summed E-state index contributed by atoms with van der Waals surface area (Å²) in [6, 6.07) is 36.2. The highest BCUT2D eigenvalue weighted by atomic mass is 16.3. The molecule has 4 aromatic rings. The Morgan fingerprint density at radius 1 is 0.706 bits per heavy atom. The molecule has 170 valence electrons. The van der Waals surface area contributed by atoms with Gasteiger partial charge in [-0.2, -0.15) is 0 Å². The third-order valence-corrected chi connectivity index (χ3v) is 7.42. The predicted octanol–water partition coefficient (Wildman–Crippen LogP) is 6.96. The van der Waals surface area contributed by atoms with E-state index in [1.54, 1.807) is 0 Å². The monoisotopic (exact) mass is 446 g/mol. The van der Waals surface area contributed by atoms with E-state index in [-0.39, 0.29) is 17.6 Å². The minimum absolute atomic E-state index is 0.00572. The zero-order valence-electron chi connectivity index (χ0n) is 19.7. The first-order valence-electron chi connectivity index (χ1n) is 12.0. The Morgan fingerprint density at radius 3 is 1.76 bits per heavy atom. The molecule has 2 heteroatoms. The summed E-state index contributed by atoms with van der Waals surface area (Å²) in [4.78, 5) is 14.2. The second-order valence-corrected chi connectivity index (χ2v) is 9.66. The summed E-state index contributed by atoms with van der Waals surface area (Å²) in [6.45, 7) is 4.15. The molecule has 1 aliphatic carbocycles. The SMILES string of the molecule is Cc1ccc([C@@H]2[C@@H](c3ccc(C)cc3)C[C@](O)(c3ccccc3)[C@H]2C(=O)c2ccccc2)cc1. The van der Waals surface area contributed by atoms with Crippen LogP contribution < -0.4 is 0 Å². The van der Waals surface area contributed by atoms with Crippen molar-refractivity contribution in [3.63, 3.8) is 0 Å². The molecule has 0 aliphatic heterocycles.